The number of aromatic nitrogens is 3. The van der Waals surface area contributed by atoms with Crippen molar-refractivity contribution < 1.29 is 9.59 Å². The molecule has 1 fully saturated rings. The van der Waals surface area contributed by atoms with E-state index in [2.05, 4.69) is 44.3 Å². The lowest BCUT2D eigenvalue weighted by molar-refractivity contribution is -0.123. The molecule has 2 amide bonds. The van der Waals surface area contributed by atoms with Gasteiger partial charge in [-0.3, -0.25) is 19.7 Å². The second-order valence-electron chi connectivity index (χ2n) is 9.16. The first-order valence-electron chi connectivity index (χ1n) is 10.8. The number of nitrogens with one attached hydrogen (secondary N) is 3. The summed E-state index contributed by atoms with van der Waals surface area (Å²) >= 11 is 0. The van der Waals surface area contributed by atoms with Crippen LogP contribution in [0.1, 0.15) is 41.8 Å². The molecule has 2 aliphatic heterocycles. The molecule has 9 nitrogen and oxygen atoms in total. The van der Waals surface area contributed by atoms with Crippen molar-refractivity contribution in [3.63, 3.8) is 0 Å². The minimum absolute atomic E-state index is 0.0793. The highest BCUT2D eigenvalue weighted by atomic mass is 16.2. The number of carbonyl (C=O) groups is 2. The summed E-state index contributed by atoms with van der Waals surface area (Å²) in [5, 5.41) is 11.4. The molecule has 0 bridgehead atoms. The Labute approximate surface area is 184 Å². The molecule has 2 aromatic heterocycles. The quantitative estimate of drug-likeness (QED) is 0.591. The molecule has 3 N–H and O–H groups in total. The molecule has 1 saturated heterocycles. The van der Waals surface area contributed by atoms with Gasteiger partial charge in [0.15, 0.2) is 0 Å². The standard InChI is InChI=1S/C23H23N7O2/c1-23(2)15-8-26-29-19(15)20-18(23)14-7-12(3-4-16(14)28-20)21(31)27-13-5-6-30(10-13)22(32)17-9-24-11-25-17/h3-4,7-8,11,13,28H,5-6,9-10H2,1-2H3,(H,26,29)(H,27,31). The molecule has 9 heteroatoms. The zero-order valence-electron chi connectivity index (χ0n) is 17.9. The van der Waals surface area contributed by atoms with Gasteiger partial charge in [-0.2, -0.15) is 5.10 Å². The van der Waals surface area contributed by atoms with E-state index >= 15 is 0 Å². The normalized spacial score (nSPS) is 20.5. The summed E-state index contributed by atoms with van der Waals surface area (Å²) in [5.41, 5.74) is 6.26. The summed E-state index contributed by atoms with van der Waals surface area (Å²) < 4.78 is 0. The lowest BCUT2D eigenvalue weighted by Crippen LogP contribution is -2.40. The first-order chi connectivity index (χ1) is 15.4. The Morgan fingerprint density at radius 2 is 2.12 bits per heavy atom. The summed E-state index contributed by atoms with van der Waals surface area (Å²) in [6.07, 6.45) is 4.02. The summed E-state index contributed by atoms with van der Waals surface area (Å²) in [5.74, 6) is -0.220. The van der Waals surface area contributed by atoms with E-state index in [9.17, 15) is 9.59 Å². The zero-order valence-corrected chi connectivity index (χ0v) is 17.9. The first kappa shape index (κ1) is 19.0. The molecule has 6 rings (SSSR count). The van der Waals surface area contributed by atoms with Crippen molar-refractivity contribution >= 4 is 34.8 Å². The van der Waals surface area contributed by atoms with E-state index in [-0.39, 0.29) is 23.3 Å². The highest BCUT2D eigenvalue weighted by molar-refractivity contribution is 6.41. The van der Waals surface area contributed by atoms with Gasteiger partial charge in [-0.1, -0.05) is 13.8 Å². The van der Waals surface area contributed by atoms with Gasteiger partial charge < -0.3 is 15.2 Å². The minimum atomic E-state index is -0.204. The minimum Gasteiger partial charge on any atom is -0.353 e. The van der Waals surface area contributed by atoms with E-state index in [1.165, 1.54) is 11.9 Å². The summed E-state index contributed by atoms with van der Waals surface area (Å²) in [7, 11) is 0. The number of aromatic amines is 2. The second-order valence-corrected chi connectivity index (χ2v) is 9.16. The number of aliphatic imine (C=N–C) groups is 2. The number of H-pyrrole nitrogens is 2. The number of hydrogen-bond acceptors (Lipinski definition) is 5. The molecule has 0 saturated carbocycles. The van der Waals surface area contributed by atoms with Gasteiger partial charge in [0.1, 0.15) is 12.1 Å². The lowest BCUT2D eigenvalue weighted by Gasteiger charge is -2.19. The van der Waals surface area contributed by atoms with Crippen LogP contribution in [0, 0.1) is 0 Å². The zero-order chi connectivity index (χ0) is 22.0. The smallest absolute Gasteiger partial charge is 0.270 e. The molecule has 4 heterocycles. The van der Waals surface area contributed by atoms with Crippen LogP contribution in [0.25, 0.3) is 22.3 Å². The van der Waals surface area contributed by atoms with Crippen molar-refractivity contribution in [1.29, 1.82) is 0 Å². The summed E-state index contributed by atoms with van der Waals surface area (Å²) in [6.45, 7) is 5.78. The maximum Gasteiger partial charge on any atom is 0.270 e. The Morgan fingerprint density at radius 3 is 2.94 bits per heavy atom. The fourth-order valence-electron chi connectivity index (χ4n) is 5.17. The van der Waals surface area contributed by atoms with Crippen molar-refractivity contribution in [2.24, 2.45) is 9.98 Å². The number of hydrogen-bond donors (Lipinski definition) is 3. The van der Waals surface area contributed by atoms with Crippen molar-refractivity contribution in [2.75, 3.05) is 19.6 Å². The van der Waals surface area contributed by atoms with Crippen LogP contribution in [0.3, 0.4) is 0 Å². The van der Waals surface area contributed by atoms with Crippen LogP contribution in [-0.4, -0.2) is 69.6 Å². The van der Waals surface area contributed by atoms with E-state index in [4.69, 9.17) is 0 Å². The SMILES string of the molecule is CC1(C)c2cn[nH]c2-c2[nH]c3ccc(C(=O)NC4CCN(C(=O)C5=NC=NC5)C4)cc3c21. The lowest BCUT2D eigenvalue weighted by atomic mass is 9.82. The molecule has 1 aromatic carbocycles. The molecule has 162 valence electrons. The van der Waals surface area contributed by atoms with Crippen LogP contribution in [0.5, 0.6) is 0 Å². The third kappa shape index (κ3) is 2.66. The van der Waals surface area contributed by atoms with Crippen LogP contribution in [0.15, 0.2) is 34.4 Å². The van der Waals surface area contributed by atoms with Crippen LogP contribution in [0.4, 0.5) is 0 Å². The average molecular weight is 429 g/mol. The third-order valence-corrected chi connectivity index (χ3v) is 6.84. The maximum atomic E-state index is 13.0. The highest BCUT2D eigenvalue weighted by Gasteiger charge is 2.40. The Bertz CT molecular complexity index is 1340. The van der Waals surface area contributed by atoms with Gasteiger partial charge in [0.25, 0.3) is 11.8 Å². The number of fused-ring (bicyclic) bond motifs is 5. The van der Waals surface area contributed by atoms with Gasteiger partial charge >= 0.3 is 0 Å². The predicted molar refractivity (Wildman–Crippen MR) is 121 cm³/mol. The number of rotatable bonds is 3. The Kier molecular flexibility index (Phi) is 3.93. The molecule has 0 radical (unpaired) electrons. The van der Waals surface area contributed by atoms with Crippen LogP contribution in [-0.2, 0) is 10.2 Å². The Hall–Kier alpha value is -3.75. The van der Waals surface area contributed by atoms with Crippen LogP contribution >= 0.6 is 0 Å². The van der Waals surface area contributed by atoms with E-state index in [1.54, 1.807) is 4.90 Å². The van der Waals surface area contributed by atoms with E-state index < -0.39 is 0 Å². The molecular formula is C23H23N7O2. The number of nitrogens with zero attached hydrogens (tertiary/aromatic N) is 4. The molecule has 3 aliphatic rings. The third-order valence-electron chi connectivity index (χ3n) is 6.84. The van der Waals surface area contributed by atoms with E-state index in [0.717, 1.165) is 34.3 Å². The molecule has 1 aliphatic carbocycles. The second kappa shape index (κ2) is 6.62. The Balaban J connectivity index is 1.23. The van der Waals surface area contributed by atoms with Gasteiger partial charge in [-0.25, -0.2) is 4.99 Å². The van der Waals surface area contributed by atoms with Crippen LogP contribution < -0.4 is 5.32 Å². The topological polar surface area (TPSA) is 119 Å². The fourth-order valence-corrected chi connectivity index (χ4v) is 5.17. The molecule has 0 spiro atoms. The Morgan fingerprint density at radius 1 is 1.25 bits per heavy atom. The predicted octanol–water partition coefficient (Wildman–Crippen LogP) is 2.01. The highest BCUT2D eigenvalue weighted by Crippen LogP contribution is 2.50. The number of likely N-dealkylation sites (tertiary alicyclic amines) is 1. The maximum absolute atomic E-state index is 13.0. The number of benzene rings is 1. The van der Waals surface area contributed by atoms with Gasteiger partial charge in [0.05, 0.1) is 24.1 Å². The largest absolute Gasteiger partial charge is 0.353 e. The van der Waals surface area contributed by atoms with Crippen molar-refractivity contribution in [3.05, 3.63) is 41.1 Å². The molecule has 1 unspecified atom stereocenters. The first-order valence-corrected chi connectivity index (χ1v) is 10.8. The van der Waals surface area contributed by atoms with E-state index in [1.807, 2.05) is 24.4 Å². The van der Waals surface area contributed by atoms with Crippen LogP contribution in [0.2, 0.25) is 0 Å². The van der Waals surface area contributed by atoms with Gasteiger partial charge in [0.2, 0.25) is 0 Å². The summed E-state index contributed by atoms with van der Waals surface area (Å²) in [4.78, 5) is 38.8. The van der Waals surface area contributed by atoms with Crippen molar-refractivity contribution in [3.8, 4) is 11.4 Å². The fraction of sp³-hybridized carbons (Fsp3) is 0.348. The van der Waals surface area contributed by atoms with Crippen molar-refractivity contribution in [2.45, 2.75) is 31.7 Å². The average Bonchev–Trinajstić information content (AvgIpc) is 3.58. The number of carbonyl (C=O) groups excluding carboxylic acids is 2. The molecule has 32 heavy (non-hydrogen) atoms. The molecule has 3 aromatic rings. The molecular weight excluding hydrogens is 406 g/mol. The van der Waals surface area contributed by atoms with Crippen molar-refractivity contribution in [1.82, 2.24) is 25.4 Å². The summed E-state index contributed by atoms with van der Waals surface area (Å²) in [6, 6.07) is 5.68. The van der Waals surface area contributed by atoms with Gasteiger partial charge in [-0.15, -0.1) is 0 Å². The van der Waals surface area contributed by atoms with Gasteiger partial charge in [-0.05, 0) is 30.2 Å². The monoisotopic (exact) mass is 429 g/mol. The van der Waals surface area contributed by atoms with Gasteiger partial charge in [0, 0.05) is 46.6 Å². The van der Waals surface area contributed by atoms with E-state index in [0.29, 0.717) is 30.9 Å². The number of amides is 2. The molecule has 1 atom stereocenters.